The first kappa shape index (κ1) is 14.1. The lowest BCUT2D eigenvalue weighted by Crippen LogP contribution is -2.15. The maximum absolute atomic E-state index is 5.76. The van der Waals surface area contributed by atoms with E-state index in [-0.39, 0.29) is 0 Å². The van der Waals surface area contributed by atoms with Crippen LogP contribution < -0.4 is 10.1 Å². The van der Waals surface area contributed by atoms with Gasteiger partial charge >= 0.3 is 0 Å². The molecule has 0 bridgehead atoms. The Labute approximate surface area is 116 Å². The standard InChI is InChI=1S/C17H25NO/c1-3-12-18-13-4-5-14(2)15-6-8-16(9-7-15)19-17-10-11-17/h5-9,17-18H,3-4,10-13H2,1-2H3/b14-5-. The zero-order valence-corrected chi connectivity index (χ0v) is 12.1. The highest BCUT2D eigenvalue weighted by Crippen LogP contribution is 2.27. The van der Waals surface area contributed by atoms with Crippen molar-refractivity contribution in [2.75, 3.05) is 13.1 Å². The maximum Gasteiger partial charge on any atom is 0.119 e. The summed E-state index contributed by atoms with van der Waals surface area (Å²) in [6, 6.07) is 8.48. The number of benzene rings is 1. The van der Waals surface area contributed by atoms with Crippen LogP contribution in [0.5, 0.6) is 5.75 Å². The molecule has 1 N–H and O–H groups in total. The van der Waals surface area contributed by atoms with Gasteiger partial charge in [-0.15, -0.1) is 0 Å². The number of hydrogen-bond acceptors (Lipinski definition) is 2. The van der Waals surface area contributed by atoms with Crippen LogP contribution in [0.15, 0.2) is 30.3 Å². The second-order valence-electron chi connectivity index (χ2n) is 5.27. The van der Waals surface area contributed by atoms with Crippen LogP contribution in [0.2, 0.25) is 0 Å². The van der Waals surface area contributed by atoms with Crippen LogP contribution >= 0.6 is 0 Å². The van der Waals surface area contributed by atoms with Crippen LogP contribution in [0.1, 0.15) is 45.1 Å². The Morgan fingerprint density at radius 1 is 1.26 bits per heavy atom. The quantitative estimate of drug-likeness (QED) is 0.712. The van der Waals surface area contributed by atoms with Crippen molar-refractivity contribution in [2.45, 2.75) is 45.6 Å². The molecule has 1 aromatic carbocycles. The van der Waals surface area contributed by atoms with Crippen molar-refractivity contribution < 1.29 is 4.74 Å². The Morgan fingerprint density at radius 2 is 2.00 bits per heavy atom. The molecule has 19 heavy (non-hydrogen) atoms. The van der Waals surface area contributed by atoms with Gasteiger partial charge in [0, 0.05) is 0 Å². The molecule has 0 radical (unpaired) electrons. The molecule has 2 heteroatoms. The van der Waals surface area contributed by atoms with E-state index in [1.807, 2.05) is 0 Å². The summed E-state index contributed by atoms with van der Waals surface area (Å²) in [4.78, 5) is 0. The van der Waals surface area contributed by atoms with Crippen molar-refractivity contribution in [2.24, 2.45) is 0 Å². The van der Waals surface area contributed by atoms with E-state index in [1.54, 1.807) is 0 Å². The molecule has 0 amide bonds. The molecule has 0 spiro atoms. The third-order valence-electron chi connectivity index (χ3n) is 3.34. The second-order valence-corrected chi connectivity index (χ2v) is 5.27. The minimum absolute atomic E-state index is 0.479. The number of ether oxygens (including phenoxy) is 1. The van der Waals surface area contributed by atoms with E-state index in [4.69, 9.17) is 4.74 Å². The molecule has 1 aliphatic carbocycles. The van der Waals surface area contributed by atoms with Crippen LogP contribution in [-0.4, -0.2) is 19.2 Å². The highest BCUT2D eigenvalue weighted by molar-refractivity contribution is 5.64. The fourth-order valence-electron chi connectivity index (χ4n) is 1.99. The molecule has 0 aromatic heterocycles. The van der Waals surface area contributed by atoms with Crippen molar-refractivity contribution in [1.29, 1.82) is 0 Å². The van der Waals surface area contributed by atoms with Gasteiger partial charge < -0.3 is 10.1 Å². The Kier molecular flexibility index (Phi) is 5.46. The third-order valence-corrected chi connectivity index (χ3v) is 3.34. The molecular weight excluding hydrogens is 234 g/mol. The van der Waals surface area contributed by atoms with Gasteiger partial charge in [0.25, 0.3) is 0 Å². The molecular formula is C17H25NO. The summed E-state index contributed by atoms with van der Waals surface area (Å²) in [7, 11) is 0. The first-order valence-electron chi connectivity index (χ1n) is 7.44. The van der Waals surface area contributed by atoms with E-state index < -0.39 is 0 Å². The summed E-state index contributed by atoms with van der Waals surface area (Å²) in [5.41, 5.74) is 2.63. The molecule has 0 atom stereocenters. The molecule has 2 rings (SSSR count). The Bertz CT molecular complexity index is 404. The van der Waals surface area contributed by atoms with Crippen molar-refractivity contribution >= 4 is 5.57 Å². The first-order chi connectivity index (χ1) is 9.29. The predicted octanol–water partition coefficient (Wildman–Crippen LogP) is 4.02. The molecule has 1 fully saturated rings. The number of nitrogens with one attached hydrogen (secondary N) is 1. The van der Waals surface area contributed by atoms with Gasteiger partial charge in [0.1, 0.15) is 5.75 Å². The van der Waals surface area contributed by atoms with Gasteiger partial charge in [-0.1, -0.05) is 25.1 Å². The van der Waals surface area contributed by atoms with Crippen molar-refractivity contribution in [3.05, 3.63) is 35.9 Å². The summed E-state index contributed by atoms with van der Waals surface area (Å²) >= 11 is 0. The zero-order chi connectivity index (χ0) is 13.5. The topological polar surface area (TPSA) is 21.3 Å². The van der Waals surface area contributed by atoms with Crippen LogP contribution in [0, 0.1) is 0 Å². The average molecular weight is 259 g/mol. The Hall–Kier alpha value is -1.28. The van der Waals surface area contributed by atoms with E-state index in [0.717, 1.165) is 25.3 Å². The molecule has 0 saturated heterocycles. The van der Waals surface area contributed by atoms with E-state index in [2.05, 4.69) is 49.5 Å². The number of rotatable bonds is 8. The fourth-order valence-corrected chi connectivity index (χ4v) is 1.99. The first-order valence-corrected chi connectivity index (χ1v) is 7.44. The second kappa shape index (κ2) is 7.34. The monoisotopic (exact) mass is 259 g/mol. The van der Waals surface area contributed by atoms with Crippen LogP contribution in [0.3, 0.4) is 0 Å². The van der Waals surface area contributed by atoms with E-state index >= 15 is 0 Å². The molecule has 0 heterocycles. The number of hydrogen-bond donors (Lipinski definition) is 1. The predicted molar refractivity (Wildman–Crippen MR) is 81.5 cm³/mol. The number of allylic oxidation sites excluding steroid dienone is 1. The zero-order valence-electron chi connectivity index (χ0n) is 12.1. The fraction of sp³-hybridized carbons (Fsp3) is 0.529. The van der Waals surface area contributed by atoms with Crippen LogP contribution in [0.25, 0.3) is 5.57 Å². The third kappa shape index (κ3) is 5.07. The minimum atomic E-state index is 0.479. The molecule has 1 saturated carbocycles. The lowest BCUT2D eigenvalue weighted by Gasteiger charge is -2.06. The Morgan fingerprint density at radius 3 is 2.63 bits per heavy atom. The lowest BCUT2D eigenvalue weighted by molar-refractivity contribution is 0.303. The van der Waals surface area contributed by atoms with Gasteiger partial charge in [-0.25, -0.2) is 0 Å². The van der Waals surface area contributed by atoms with E-state index in [1.165, 1.54) is 30.4 Å². The molecule has 0 unspecified atom stereocenters. The average Bonchev–Trinajstić information content (AvgIpc) is 3.23. The van der Waals surface area contributed by atoms with Crippen molar-refractivity contribution in [3.63, 3.8) is 0 Å². The van der Waals surface area contributed by atoms with Gasteiger partial charge in [0.05, 0.1) is 6.10 Å². The normalized spacial score (nSPS) is 15.6. The van der Waals surface area contributed by atoms with Crippen molar-refractivity contribution in [3.8, 4) is 5.75 Å². The maximum atomic E-state index is 5.76. The molecule has 1 aliphatic rings. The van der Waals surface area contributed by atoms with Gasteiger partial charge in [0.15, 0.2) is 0 Å². The summed E-state index contributed by atoms with van der Waals surface area (Å²) in [5, 5.41) is 3.41. The van der Waals surface area contributed by atoms with E-state index in [9.17, 15) is 0 Å². The highest BCUT2D eigenvalue weighted by Gasteiger charge is 2.23. The van der Waals surface area contributed by atoms with Crippen LogP contribution in [-0.2, 0) is 0 Å². The Balaban J connectivity index is 1.80. The smallest absolute Gasteiger partial charge is 0.119 e. The summed E-state index contributed by atoms with van der Waals surface area (Å²) in [5.74, 6) is 1.00. The van der Waals surface area contributed by atoms with Crippen molar-refractivity contribution in [1.82, 2.24) is 5.32 Å². The largest absolute Gasteiger partial charge is 0.490 e. The molecule has 1 aromatic rings. The summed E-state index contributed by atoms with van der Waals surface area (Å²) in [6.45, 7) is 6.55. The van der Waals surface area contributed by atoms with Gasteiger partial charge in [-0.05, 0) is 69.0 Å². The van der Waals surface area contributed by atoms with Gasteiger partial charge in [-0.2, -0.15) is 0 Å². The molecule has 0 aliphatic heterocycles. The van der Waals surface area contributed by atoms with Crippen LogP contribution in [0.4, 0.5) is 0 Å². The molecule has 2 nitrogen and oxygen atoms in total. The minimum Gasteiger partial charge on any atom is -0.490 e. The van der Waals surface area contributed by atoms with Gasteiger partial charge in [0.2, 0.25) is 0 Å². The highest BCUT2D eigenvalue weighted by atomic mass is 16.5. The van der Waals surface area contributed by atoms with E-state index in [0.29, 0.717) is 6.10 Å². The summed E-state index contributed by atoms with van der Waals surface area (Å²) < 4.78 is 5.76. The summed E-state index contributed by atoms with van der Waals surface area (Å²) in [6.07, 6.45) is 7.50. The van der Waals surface area contributed by atoms with Gasteiger partial charge in [-0.3, -0.25) is 0 Å². The lowest BCUT2D eigenvalue weighted by atomic mass is 10.1. The molecule has 104 valence electrons. The SMILES string of the molecule is CCCNCC/C=C(/C)c1ccc(OC2CC2)cc1.